The van der Waals surface area contributed by atoms with E-state index in [0.717, 1.165) is 25.7 Å². The Morgan fingerprint density at radius 3 is 2.79 bits per heavy atom. The number of aryl methyl sites for hydroxylation is 1. The third-order valence-corrected chi connectivity index (χ3v) is 7.62. The lowest BCUT2D eigenvalue weighted by molar-refractivity contribution is -0.125. The van der Waals surface area contributed by atoms with Gasteiger partial charge in [0.2, 0.25) is 0 Å². The minimum absolute atomic E-state index is 0. The van der Waals surface area contributed by atoms with Crippen molar-refractivity contribution in [1.82, 2.24) is 20.4 Å². The van der Waals surface area contributed by atoms with E-state index in [1.165, 1.54) is 50.6 Å². The molecule has 4 atom stereocenters. The molecule has 5 rings (SSSR count). The van der Waals surface area contributed by atoms with Gasteiger partial charge < -0.3 is 20.3 Å². The number of ether oxygens (including phenoxy) is 1. The first-order chi connectivity index (χ1) is 13.7. The van der Waals surface area contributed by atoms with Gasteiger partial charge >= 0.3 is 0 Å². The minimum Gasteiger partial charge on any atom is -0.377 e. The molecule has 4 unspecified atom stereocenters. The van der Waals surface area contributed by atoms with Crippen LogP contribution in [0.3, 0.4) is 0 Å². The van der Waals surface area contributed by atoms with Crippen molar-refractivity contribution >= 4 is 35.6 Å². The molecule has 2 aliphatic heterocycles. The molecule has 4 aliphatic rings. The van der Waals surface area contributed by atoms with Crippen molar-refractivity contribution in [3.63, 3.8) is 0 Å². The number of anilines is 1. The fraction of sp³-hybridized carbons (Fsp3) is 0.810. The Hall–Kier alpha value is -1.03. The number of hydrogen-bond donors (Lipinski definition) is 2. The van der Waals surface area contributed by atoms with E-state index in [9.17, 15) is 0 Å². The minimum atomic E-state index is 0. The maximum absolute atomic E-state index is 6.14. The van der Waals surface area contributed by atoms with Gasteiger partial charge in [-0.1, -0.05) is 12.8 Å². The van der Waals surface area contributed by atoms with Crippen molar-refractivity contribution in [2.75, 3.05) is 31.6 Å². The summed E-state index contributed by atoms with van der Waals surface area (Å²) in [7, 11) is 3.88. The number of nitrogens with zero attached hydrogens (tertiary/aromatic N) is 4. The molecule has 0 bridgehead atoms. The predicted octanol–water partition coefficient (Wildman–Crippen LogP) is 2.52. The van der Waals surface area contributed by atoms with E-state index in [0.29, 0.717) is 29.5 Å². The second-order valence-corrected chi connectivity index (χ2v) is 9.18. The number of fused-ring (bicyclic) bond motifs is 2. The van der Waals surface area contributed by atoms with Crippen LogP contribution in [-0.2, 0) is 11.8 Å². The van der Waals surface area contributed by atoms with E-state index < -0.39 is 0 Å². The average Bonchev–Trinajstić information content (AvgIpc) is 3.45. The topological polar surface area (TPSA) is 66.7 Å². The monoisotopic (exact) mass is 514 g/mol. The molecule has 0 radical (unpaired) electrons. The number of rotatable bonds is 3. The lowest BCUT2D eigenvalue weighted by Gasteiger charge is -2.57. The van der Waals surface area contributed by atoms with Gasteiger partial charge in [0.05, 0.1) is 18.0 Å². The van der Waals surface area contributed by atoms with Gasteiger partial charge in [-0.3, -0.25) is 9.67 Å². The molecule has 4 fully saturated rings. The summed E-state index contributed by atoms with van der Waals surface area (Å²) in [4.78, 5) is 7.03. The van der Waals surface area contributed by atoms with Crippen LogP contribution in [0, 0.1) is 11.3 Å². The van der Waals surface area contributed by atoms with Crippen LogP contribution in [0.25, 0.3) is 0 Å². The maximum atomic E-state index is 6.14. The van der Waals surface area contributed by atoms with Crippen LogP contribution in [0.15, 0.2) is 17.4 Å². The number of aromatic nitrogens is 2. The Morgan fingerprint density at radius 1 is 1.24 bits per heavy atom. The van der Waals surface area contributed by atoms with Crippen molar-refractivity contribution in [1.29, 1.82) is 0 Å². The molecule has 1 spiro atoms. The molecule has 1 aromatic rings. The maximum Gasteiger partial charge on any atom is 0.191 e. The SMILES string of the molecule is CN=C(NC1CCCN(c2cnn(C)c2)C1)NC1C2CCOC2C12CCCC2.I. The average molecular weight is 514 g/mol. The molecule has 0 aromatic carbocycles. The number of aliphatic imine (C=N–C) groups is 1. The quantitative estimate of drug-likeness (QED) is 0.369. The standard InChI is InChI=1S/C21H34N6O.HI/c1-22-20(24-15-6-5-10-27(13-15)16-12-23-26(2)14-16)25-18-17-7-11-28-19(17)21(18)8-3-4-9-21;/h12,14-15,17-19H,3-11,13H2,1-2H3,(H2,22,24,25);1H. The summed E-state index contributed by atoms with van der Waals surface area (Å²) < 4.78 is 8.01. The molecule has 2 aliphatic carbocycles. The summed E-state index contributed by atoms with van der Waals surface area (Å²) in [6, 6.07) is 0.933. The Labute approximate surface area is 191 Å². The first kappa shape index (κ1) is 21.2. The van der Waals surface area contributed by atoms with Crippen molar-refractivity contribution in [2.45, 2.75) is 63.1 Å². The molecule has 2 saturated carbocycles. The van der Waals surface area contributed by atoms with E-state index in [1.807, 2.05) is 25.0 Å². The van der Waals surface area contributed by atoms with Crippen molar-refractivity contribution < 1.29 is 4.74 Å². The summed E-state index contributed by atoms with van der Waals surface area (Å²) in [6.07, 6.45) is 13.4. The van der Waals surface area contributed by atoms with Crippen LogP contribution in [0.5, 0.6) is 0 Å². The Kier molecular flexibility index (Phi) is 6.30. The summed E-state index contributed by atoms with van der Waals surface area (Å²) in [5.74, 6) is 1.63. The second-order valence-electron chi connectivity index (χ2n) is 9.18. The van der Waals surface area contributed by atoms with E-state index in [4.69, 9.17) is 4.74 Å². The molecule has 7 nitrogen and oxygen atoms in total. The van der Waals surface area contributed by atoms with E-state index in [-0.39, 0.29) is 24.0 Å². The smallest absolute Gasteiger partial charge is 0.191 e. The molecular weight excluding hydrogens is 479 g/mol. The van der Waals surface area contributed by atoms with Crippen LogP contribution in [0.1, 0.15) is 44.9 Å². The van der Waals surface area contributed by atoms with Gasteiger partial charge in [0.15, 0.2) is 5.96 Å². The van der Waals surface area contributed by atoms with Crippen LogP contribution in [0.4, 0.5) is 5.69 Å². The molecule has 2 saturated heterocycles. The van der Waals surface area contributed by atoms with Gasteiger partial charge in [0.1, 0.15) is 0 Å². The number of halogens is 1. The third-order valence-electron chi connectivity index (χ3n) is 7.62. The first-order valence-corrected chi connectivity index (χ1v) is 11.0. The van der Waals surface area contributed by atoms with E-state index in [2.05, 4.69) is 31.8 Å². The lowest BCUT2D eigenvalue weighted by Crippen LogP contribution is -2.69. The second kappa shape index (κ2) is 8.61. The largest absolute Gasteiger partial charge is 0.377 e. The van der Waals surface area contributed by atoms with Crippen LogP contribution in [-0.4, -0.2) is 60.7 Å². The highest BCUT2D eigenvalue weighted by Gasteiger charge is 2.65. The summed E-state index contributed by atoms with van der Waals surface area (Å²) in [6.45, 7) is 3.03. The highest BCUT2D eigenvalue weighted by atomic mass is 127. The molecule has 8 heteroatoms. The zero-order valence-electron chi connectivity index (χ0n) is 17.6. The van der Waals surface area contributed by atoms with Gasteiger partial charge in [-0.15, -0.1) is 24.0 Å². The first-order valence-electron chi connectivity index (χ1n) is 11.0. The predicted molar refractivity (Wildman–Crippen MR) is 126 cm³/mol. The van der Waals surface area contributed by atoms with E-state index in [1.54, 1.807) is 0 Å². The Balaban J connectivity index is 0.00000205. The molecule has 1 aromatic heterocycles. The highest BCUT2D eigenvalue weighted by Crippen LogP contribution is 2.60. The number of piperidine rings is 1. The molecular formula is C21H35IN6O. The Morgan fingerprint density at radius 2 is 2.07 bits per heavy atom. The third kappa shape index (κ3) is 3.75. The highest BCUT2D eigenvalue weighted by molar-refractivity contribution is 14.0. The lowest BCUT2D eigenvalue weighted by atomic mass is 9.54. The molecule has 29 heavy (non-hydrogen) atoms. The van der Waals surface area contributed by atoms with Crippen LogP contribution < -0.4 is 15.5 Å². The van der Waals surface area contributed by atoms with Gasteiger partial charge in [0.25, 0.3) is 0 Å². The van der Waals surface area contributed by atoms with Crippen molar-refractivity contribution in [3.8, 4) is 0 Å². The summed E-state index contributed by atoms with van der Waals surface area (Å²) >= 11 is 0. The van der Waals surface area contributed by atoms with Crippen LogP contribution in [0.2, 0.25) is 0 Å². The zero-order valence-corrected chi connectivity index (χ0v) is 20.0. The van der Waals surface area contributed by atoms with Gasteiger partial charge in [0, 0.05) is 63.4 Å². The molecule has 2 N–H and O–H groups in total. The molecule has 0 amide bonds. The molecule has 162 valence electrons. The van der Waals surface area contributed by atoms with Gasteiger partial charge in [-0.05, 0) is 32.1 Å². The van der Waals surface area contributed by atoms with Crippen molar-refractivity contribution in [2.24, 2.45) is 23.4 Å². The number of hydrogen-bond acceptors (Lipinski definition) is 4. The summed E-state index contributed by atoms with van der Waals surface area (Å²) in [5, 5.41) is 11.9. The number of guanidine groups is 1. The van der Waals surface area contributed by atoms with E-state index >= 15 is 0 Å². The van der Waals surface area contributed by atoms with Gasteiger partial charge in [-0.25, -0.2) is 0 Å². The fourth-order valence-electron chi connectivity index (χ4n) is 6.32. The fourth-order valence-corrected chi connectivity index (χ4v) is 6.32. The van der Waals surface area contributed by atoms with Gasteiger partial charge in [-0.2, -0.15) is 5.10 Å². The summed E-state index contributed by atoms with van der Waals surface area (Å²) in [5.41, 5.74) is 1.57. The van der Waals surface area contributed by atoms with Crippen molar-refractivity contribution in [3.05, 3.63) is 12.4 Å². The zero-order chi connectivity index (χ0) is 19.1. The molecule has 3 heterocycles. The Bertz CT molecular complexity index is 731. The van der Waals surface area contributed by atoms with Crippen LogP contribution >= 0.6 is 24.0 Å². The normalized spacial score (nSPS) is 33.2. The number of nitrogens with one attached hydrogen (secondary N) is 2.